The van der Waals surface area contributed by atoms with E-state index in [-0.39, 0.29) is 18.6 Å². The summed E-state index contributed by atoms with van der Waals surface area (Å²) >= 11 is 0. The number of rotatable bonds is 9. The molecule has 0 saturated carbocycles. The number of methoxy groups -OCH3 is 1. The second-order valence-corrected chi connectivity index (χ2v) is 8.55. The molecule has 0 bridgehead atoms. The van der Waals surface area contributed by atoms with Crippen LogP contribution in [0.25, 0.3) is 10.8 Å². The number of aliphatic hydroxyl groups excluding tert-OH is 1. The van der Waals surface area contributed by atoms with E-state index in [9.17, 15) is 4.79 Å². The van der Waals surface area contributed by atoms with Gasteiger partial charge in [0.15, 0.2) is 0 Å². The molecule has 0 unspecified atom stereocenters. The summed E-state index contributed by atoms with van der Waals surface area (Å²) < 4.78 is 10.7. The lowest BCUT2D eigenvalue weighted by atomic mass is 10.0. The van der Waals surface area contributed by atoms with E-state index in [0.717, 1.165) is 38.0 Å². The molecule has 3 aromatic carbocycles. The smallest absolute Gasteiger partial charge is 0.251 e. The van der Waals surface area contributed by atoms with Gasteiger partial charge >= 0.3 is 0 Å². The first-order valence-corrected chi connectivity index (χ1v) is 11.5. The van der Waals surface area contributed by atoms with Crippen LogP contribution in [0.1, 0.15) is 34.3 Å². The summed E-state index contributed by atoms with van der Waals surface area (Å²) in [7, 11) is 1.61. The number of likely N-dealkylation sites (tertiary alicyclic amines) is 1. The minimum atomic E-state index is -0.0411. The maximum atomic E-state index is 12.6. The monoisotopic (exact) mass is 448 g/mol. The summed E-state index contributed by atoms with van der Waals surface area (Å²) in [4.78, 5) is 15.0. The largest absolute Gasteiger partial charge is 0.497 e. The van der Waals surface area contributed by atoms with Crippen LogP contribution in [0, 0.1) is 0 Å². The number of hydrogen-bond acceptors (Lipinski definition) is 5. The molecule has 0 atom stereocenters. The highest BCUT2D eigenvalue weighted by atomic mass is 16.5. The Hall–Kier alpha value is -2.93. The molecule has 1 saturated heterocycles. The second-order valence-electron chi connectivity index (χ2n) is 8.55. The van der Waals surface area contributed by atoms with Crippen molar-refractivity contribution in [2.45, 2.75) is 32.0 Å². The Morgan fingerprint density at radius 1 is 1.03 bits per heavy atom. The van der Waals surface area contributed by atoms with Crippen LogP contribution < -0.4 is 10.1 Å². The maximum Gasteiger partial charge on any atom is 0.251 e. The van der Waals surface area contributed by atoms with Crippen molar-refractivity contribution in [3.63, 3.8) is 0 Å². The first-order chi connectivity index (χ1) is 16.1. The Kier molecular flexibility index (Phi) is 7.94. The fourth-order valence-electron chi connectivity index (χ4n) is 4.32. The Balaban J connectivity index is 1.30. The molecule has 0 radical (unpaired) electrons. The predicted octanol–water partition coefficient (Wildman–Crippen LogP) is 3.75. The molecule has 0 aliphatic carbocycles. The number of benzene rings is 3. The van der Waals surface area contributed by atoms with Crippen LogP contribution in [-0.2, 0) is 17.9 Å². The van der Waals surface area contributed by atoms with E-state index in [1.807, 2.05) is 18.2 Å². The zero-order valence-electron chi connectivity index (χ0n) is 19.1. The molecule has 1 amide bonds. The number of carbonyl (C=O) groups is 1. The number of fused-ring (bicyclic) bond motifs is 1. The third-order valence-electron chi connectivity index (χ3n) is 6.13. The van der Waals surface area contributed by atoms with Gasteiger partial charge in [-0.05, 0) is 65.1 Å². The molecular formula is C27H32N2O4. The molecule has 1 fully saturated rings. The van der Waals surface area contributed by atoms with Gasteiger partial charge in [-0.2, -0.15) is 0 Å². The van der Waals surface area contributed by atoms with Gasteiger partial charge in [0.05, 0.1) is 26.9 Å². The number of nitrogens with zero attached hydrogens (tertiary/aromatic N) is 1. The molecule has 0 spiro atoms. The van der Waals surface area contributed by atoms with E-state index >= 15 is 0 Å². The topological polar surface area (TPSA) is 71.0 Å². The molecular weight excluding hydrogens is 416 g/mol. The lowest BCUT2D eigenvalue weighted by Gasteiger charge is -2.32. The minimum absolute atomic E-state index is 0.0408. The highest BCUT2D eigenvalue weighted by Gasteiger charge is 2.21. The second kappa shape index (κ2) is 11.3. The average Bonchev–Trinajstić information content (AvgIpc) is 2.85. The maximum absolute atomic E-state index is 12.6. The summed E-state index contributed by atoms with van der Waals surface area (Å²) in [6.07, 6.45) is 1.88. The van der Waals surface area contributed by atoms with Gasteiger partial charge in [-0.25, -0.2) is 0 Å². The van der Waals surface area contributed by atoms with Gasteiger partial charge in [0, 0.05) is 31.2 Å². The fourth-order valence-corrected chi connectivity index (χ4v) is 4.32. The number of aliphatic hydroxyl groups is 1. The standard InChI is InChI=1S/C27H32N2O4/c1-32-26-4-2-3-23(17-26)27(31)28-25-9-11-29(12-10-25)18-20-5-7-22-8-6-21(16-24(22)15-20)19-33-14-13-30/h2-8,15-17,25,30H,9-14,18-19H2,1H3,(H,28,31). The lowest BCUT2D eigenvalue weighted by molar-refractivity contribution is 0.0816. The Labute approximate surface area is 195 Å². The van der Waals surface area contributed by atoms with Gasteiger partial charge in [-0.15, -0.1) is 0 Å². The summed E-state index contributed by atoms with van der Waals surface area (Å²) in [5, 5.41) is 14.5. The van der Waals surface area contributed by atoms with Crippen molar-refractivity contribution in [2.24, 2.45) is 0 Å². The number of nitrogens with one attached hydrogen (secondary N) is 1. The Morgan fingerprint density at radius 2 is 1.79 bits per heavy atom. The number of ether oxygens (including phenoxy) is 2. The lowest BCUT2D eigenvalue weighted by Crippen LogP contribution is -2.44. The van der Waals surface area contributed by atoms with Crippen LogP contribution in [0.3, 0.4) is 0 Å². The molecule has 4 rings (SSSR count). The number of piperidine rings is 1. The number of amides is 1. The number of hydrogen-bond donors (Lipinski definition) is 2. The molecule has 174 valence electrons. The highest BCUT2D eigenvalue weighted by Crippen LogP contribution is 2.21. The van der Waals surface area contributed by atoms with Crippen molar-refractivity contribution in [2.75, 3.05) is 33.4 Å². The van der Waals surface area contributed by atoms with Crippen molar-refractivity contribution in [1.82, 2.24) is 10.2 Å². The summed E-state index contributed by atoms with van der Waals surface area (Å²) in [6.45, 7) is 3.72. The number of carbonyl (C=O) groups excluding carboxylic acids is 1. The molecule has 6 heteroatoms. The highest BCUT2D eigenvalue weighted by molar-refractivity contribution is 5.94. The molecule has 6 nitrogen and oxygen atoms in total. The molecule has 0 aromatic heterocycles. The van der Waals surface area contributed by atoms with Gasteiger partial charge in [0.2, 0.25) is 0 Å². The van der Waals surface area contributed by atoms with Gasteiger partial charge in [-0.3, -0.25) is 9.69 Å². The fraction of sp³-hybridized carbons (Fsp3) is 0.370. The van der Waals surface area contributed by atoms with Crippen LogP contribution in [0.15, 0.2) is 60.7 Å². The molecule has 1 heterocycles. The van der Waals surface area contributed by atoms with Crippen LogP contribution in [0.2, 0.25) is 0 Å². The first kappa shape index (κ1) is 23.2. The van der Waals surface area contributed by atoms with E-state index in [1.54, 1.807) is 13.2 Å². The van der Waals surface area contributed by atoms with Crippen molar-refractivity contribution in [1.29, 1.82) is 0 Å². The normalized spacial score (nSPS) is 15.0. The molecule has 3 aromatic rings. The van der Waals surface area contributed by atoms with Crippen LogP contribution in [-0.4, -0.2) is 55.4 Å². The zero-order chi connectivity index (χ0) is 23.0. The summed E-state index contributed by atoms with van der Waals surface area (Å²) in [6, 6.07) is 20.4. The molecule has 33 heavy (non-hydrogen) atoms. The van der Waals surface area contributed by atoms with E-state index in [2.05, 4.69) is 46.6 Å². The third kappa shape index (κ3) is 6.32. The summed E-state index contributed by atoms with van der Waals surface area (Å²) in [5.74, 6) is 0.651. The van der Waals surface area contributed by atoms with Gasteiger partial charge < -0.3 is 19.9 Å². The molecule has 2 N–H and O–H groups in total. The van der Waals surface area contributed by atoms with E-state index in [4.69, 9.17) is 14.6 Å². The Bertz CT molecular complexity index is 1080. The minimum Gasteiger partial charge on any atom is -0.497 e. The molecule has 1 aliphatic rings. The average molecular weight is 449 g/mol. The van der Waals surface area contributed by atoms with Crippen LogP contribution in [0.5, 0.6) is 5.75 Å². The van der Waals surface area contributed by atoms with Crippen molar-refractivity contribution in [3.05, 3.63) is 77.4 Å². The SMILES string of the molecule is COc1cccc(C(=O)NC2CCN(Cc3ccc4ccc(COCCO)cc4c3)CC2)c1. The van der Waals surface area contributed by atoms with Gasteiger partial charge in [0.25, 0.3) is 5.91 Å². The molecule has 1 aliphatic heterocycles. The van der Waals surface area contributed by atoms with Crippen molar-refractivity contribution in [3.8, 4) is 5.75 Å². The van der Waals surface area contributed by atoms with Crippen molar-refractivity contribution >= 4 is 16.7 Å². The van der Waals surface area contributed by atoms with Crippen molar-refractivity contribution < 1.29 is 19.4 Å². The predicted molar refractivity (Wildman–Crippen MR) is 129 cm³/mol. The van der Waals surface area contributed by atoms with Gasteiger partial charge in [0.1, 0.15) is 5.75 Å². The van der Waals surface area contributed by atoms with Crippen LogP contribution >= 0.6 is 0 Å². The zero-order valence-corrected chi connectivity index (χ0v) is 19.1. The third-order valence-corrected chi connectivity index (χ3v) is 6.13. The quantitative estimate of drug-likeness (QED) is 0.488. The first-order valence-electron chi connectivity index (χ1n) is 11.5. The van der Waals surface area contributed by atoms with E-state index in [1.165, 1.54) is 16.3 Å². The van der Waals surface area contributed by atoms with Gasteiger partial charge in [-0.1, -0.05) is 30.3 Å². The van der Waals surface area contributed by atoms with Crippen LogP contribution in [0.4, 0.5) is 0 Å². The summed E-state index contributed by atoms with van der Waals surface area (Å²) in [5.41, 5.74) is 3.03. The Morgan fingerprint density at radius 3 is 2.55 bits per heavy atom. The van der Waals surface area contributed by atoms with E-state index < -0.39 is 0 Å². The van der Waals surface area contributed by atoms with E-state index in [0.29, 0.717) is 24.5 Å².